The lowest BCUT2D eigenvalue weighted by Crippen LogP contribution is -2.22. The third-order valence-electron chi connectivity index (χ3n) is 2.90. The minimum atomic E-state index is 0.191. The van der Waals surface area contributed by atoms with Crippen LogP contribution in [-0.4, -0.2) is 24.2 Å². The van der Waals surface area contributed by atoms with E-state index in [1.54, 1.807) is 6.20 Å². The minimum absolute atomic E-state index is 0.191. The number of benzene rings is 1. The van der Waals surface area contributed by atoms with Gasteiger partial charge >= 0.3 is 0 Å². The summed E-state index contributed by atoms with van der Waals surface area (Å²) in [6, 6.07) is 10.0. The third kappa shape index (κ3) is 3.20. The van der Waals surface area contributed by atoms with Crippen molar-refractivity contribution in [3.05, 3.63) is 36.5 Å². The molecular weight excluding hydrogens is 224 g/mol. The van der Waals surface area contributed by atoms with Crippen molar-refractivity contribution in [2.75, 3.05) is 13.1 Å². The molecule has 1 heterocycles. The van der Waals surface area contributed by atoms with Gasteiger partial charge in [0.1, 0.15) is 11.3 Å². The molecule has 3 nitrogen and oxygen atoms in total. The van der Waals surface area contributed by atoms with Crippen LogP contribution in [0.2, 0.25) is 0 Å². The standard InChI is InChI=1S/C15H20N2O/c1-3-16-11-9-12(2)18-14-8-4-6-13-7-5-10-17-15(13)14/h4-8,10,12,16H,3,9,11H2,1-2H3. The first kappa shape index (κ1) is 12.8. The van der Waals surface area contributed by atoms with Gasteiger partial charge in [-0.2, -0.15) is 0 Å². The summed E-state index contributed by atoms with van der Waals surface area (Å²) in [6.07, 6.45) is 2.99. The molecule has 0 aliphatic rings. The third-order valence-corrected chi connectivity index (χ3v) is 2.90. The molecule has 2 rings (SSSR count). The van der Waals surface area contributed by atoms with E-state index in [4.69, 9.17) is 4.74 Å². The van der Waals surface area contributed by atoms with E-state index in [1.807, 2.05) is 18.2 Å². The molecule has 1 N–H and O–H groups in total. The molecule has 2 aromatic rings. The molecule has 1 aromatic carbocycles. The van der Waals surface area contributed by atoms with E-state index in [0.717, 1.165) is 36.2 Å². The van der Waals surface area contributed by atoms with Gasteiger partial charge in [-0.25, -0.2) is 0 Å². The Morgan fingerprint density at radius 3 is 2.94 bits per heavy atom. The number of para-hydroxylation sites is 1. The van der Waals surface area contributed by atoms with Crippen molar-refractivity contribution in [2.24, 2.45) is 0 Å². The van der Waals surface area contributed by atoms with Gasteiger partial charge in [0, 0.05) is 11.6 Å². The average Bonchev–Trinajstić information content (AvgIpc) is 2.39. The number of aromatic nitrogens is 1. The van der Waals surface area contributed by atoms with Gasteiger partial charge in [-0.3, -0.25) is 4.98 Å². The number of pyridine rings is 1. The molecule has 1 unspecified atom stereocenters. The lowest BCUT2D eigenvalue weighted by molar-refractivity contribution is 0.212. The highest BCUT2D eigenvalue weighted by Gasteiger charge is 2.07. The summed E-state index contributed by atoms with van der Waals surface area (Å²) in [7, 11) is 0. The van der Waals surface area contributed by atoms with Crippen LogP contribution in [0.1, 0.15) is 20.3 Å². The van der Waals surface area contributed by atoms with Gasteiger partial charge in [0.05, 0.1) is 6.10 Å². The molecule has 0 amide bonds. The van der Waals surface area contributed by atoms with Crippen LogP contribution in [0, 0.1) is 0 Å². The molecule has 96 valence electrons. The van der Waals surface area contributed by atoms with Crippen LogP contribution in [0.5, 0.6) is 5.75 Å². The molecule has 0 radical (unpaired) electrons. The van der Waals surface area contributed by atoms with Crippen molar-refractivity contribution in [1.29, 1.82) is 0 Å². The van der Waals surface area contributed by atoms with Gasteiger partial charge in [-0.15, -0.1) is 0 Å². The maximum atomic E-state index is 5.97. The van der Waals surface area contributed by atoms with E-state index >= 15 is 0 Å². The molecule has 18 heavy (non-hydrogen) atoms. The minimum Gasteiger partial charge on any atom is -0.488 e. The van der Waals surface area contributed by atoms with E-state index in [0.29, 0.717) is 0 Å². The zero-order chi connectivity index (χ0) is 12.8. The van der Waals surface area contributed by atoms with Gasteiger partial charge < -0.3 is 10.1 Å². The zero-order valence-corrected chi connectivity index (χ0v) is 11.0. The Hall–Kier alpha value is -1.61. The van der Waals surface area contributed by atoms with Crippen LogP contribution < -0.4 is 10.1 Å². The fraction of sp³-hybridized carbons (Fsp3) is 0.400. The quantitative estimate of drug-likeness (QED) is 0.793. The van der Waals surface area contributed by atoms with E-state index in [1.165, 1.54) is 0 Å². The van der Waals surface area contributed by atoms with Crippen LogP contribution in [0.4, 0.5) is 0 Å². The molecule has 0 saturated carbocycles. The van der Waals surface area contributed by atoms with E-state index < -0.39 is 0 Å². The molecule has 0 spiro atoms. The predicted octanol–water partition coefficient (Wildman–Crippen LogP) is 3.00. The average molecular weight is 244 g/mol. The number of hydrogen-bond donors (Lipinski definition) is 1. The largest absolute Gasteiger partial charge is 0.488 e. The molecule has 0 aliphatic heterocycles. The molecule has 0 saturated heterocycles. The smallest absolute Gasteiger partial charge is 0.145 e. The number of rotatable bonds is 6. The Bertz CT molecular complexity index is 493. The Morgan fingerprint density at radius 1 is 1.28 bits per heavy atom. The maximum Gasteiger partial charge on any atom is 0.145 e. The molecule has 0 aliphatic carbocycles. The van der Waals surface area contributed by atoms with E-state index in [9.17, 15) is 0 Å². The first-order chi connectivity index (χ1) is 8.81. The van der Waals surface area contributed by atoms with Crippen molar-refractivity contribution in [1.82, 2.24) is 10.3 Å². The number of nitrogens with one attached hydrogen (secondary N) is 1. The van der Waals surface area contributed by atoms with Gasteiger partial charge in [-0.05, 0) is 38.6 Å². The van der Waals surface area contributed by atoms with Crippen molar-refractivity contribution >= 4 is 10.9 Å². The second-order valence-corrected chi connectivity index (χ2v) is 4.40. The molecule has 1 atom stereocenters. The summed E-state index contributed by atoms with van der Waals surface area (Å²) in [6.45, 7) is 6.19. The molecule has 0 bridgehead atoms. The normalized spacial score (nSPS) is 12.6. The first-order valence-electron chi connectivity index (χ1n) is 6.52. The lowest BCUT2D eigenvalue weighted by atomic mass is 10.2. The Balaban J connectivity index is 2.07. The van der Waals surface area contributed by atoms with Crippen LogP contribution in [-0.2, 0) is 0 Å². The molecule has 3 heteroatoms. The van der Waals surface area contributed by atoms with Crippen molar-refractivity contribution in [2.45, 2.75) is 26.4 Å². The lowest BCUT2D eigenvalue weighted by Gasteiger charge is -2.15. The van der Waals surface area contributed by atoms with Crippen LogP contribution >= 0.6 is 0 Å². The first-order valence-corrected chi connectivity index (χ1v) is 6.52. The second kappa shape index (κ2) is 6.36. The van der Waals surface area contributed by atoms with Crippen LogP contribution in [0.3, 0.4) is 0 Å². The zero-order valence-electron chi connectivity index (χ0n) is 11.0. The predicted molar refractivity (Wildman–Crippen MR) is 75.0 cm³/mol. The summed E-state index contributed by atoms with van der Waals surface area (Å²) in [5.41, 5.74) is 0.940. The summed E-state index contributed by atoms with van der Waals surface area (Å²) < 4.78 is 5.97. The summed E-state index contributed by atoms with van der Waals surface area (Å²) in [4.78, 5) is 4.39. The fourth-order valence-electron chi connectivity index (χ4n) is 1.93. The SMILES string of the molecule is CCNCCC(C)Oc1cccc2cccnc12. The van der Waals surface area contributed by atoms with Crippen LogP contribution in [0.15, 0.2) is 36.5 Å². The molecule has 0 fully saturated rings. The summed E-state index contributed by atoms with van der Waals surface area (Å²) >= 11 is 0. The highest BCUT2D eigenvalue weighted by molar-refractivity contribution is 5.84. The molecular formula is C15H20N2O. The van der Waals surface area contributed by atoms with Gasteiger partial charge in [-0.1, -0.05) is 25.1 Å². The number of hydrogen-bond acceptors (Lipinski definition) is 3. The Morgan fingerprint density at radius 2 is 2.11 bits per heavy atom. The number of ether oxygens (including phenoxy) is 1. The van der Waals surface area contributed by atoms with Crippen molar-refractivity contribution in [3.8, 4) is 5.75 Å². The summed E-state index contributed by atoms with van der Waals surface area (Å²) in [5.74, 6) is 0.872. The van der Waals surface area contributed by atoms with Crippen LogP contribution in [0.25, 0.3) is 10.9 Å². The topological polar surface area (TPSA) is 34.1 Å². The van der Waals surface area contributed by atoms with Gasteiger partial charge in [0.15, 0.2) is 0 Å². The van der Waals surface area contributed by atoms with Crippen molar-refractivity contribution in [3.63, 3.8) is 0 Å². The maximum absolute atomic E-state index is 5.97. The van der Waals surface area contributed by atoms with Crippen molar-refractivity contribution < 1.29 is 4.74 Å². The van der Waals surface area contributed by atoms with Gasteiger partial charge in [0.2, 0.25) is 0 Å². The monoisotopic (exact) mass is 244 g/mol. The highest BCUT2D eigenvalue weighted by Crippen LogP contribution is 2.24. The van der Waals surface area contributed by atoms with E-state index in [2.05, 4.69) is 36.3 Å². The Kier molecular flexibility index (Phi) is 4.53. The fourth-order valence-corrected chi connectivity index (χ4v) is 1.93. The highest BCUT2D eigenvalue weighted by atomic mass is 16.5. The number of fused-ring (bicyclic) bond motifs is 1. The van der Waals surface area contributed by atoms with E-state index in [-0.39, 0.29) is 6.10 Å². The second-order valence-electron chi connectivity index (χ2n) is 4.40. The van der Waals surface area contributed by atoms with Gasteiger partial charge in [0.25, 0.3) is 0 Å². The summed E-state index contributed by atoms with van der Waals surface area (Å²) in [5, 5.41) is 4.43. The Labute approximate surface area is 108 Å². The molecule has 1 aromatic heterocycles. The number of nitrogens with zero attached hydrogens (tertiary/aromatic N) is 1.